The van der Waals surface area contributed by atoms with Crippen molar-refractivity contribution < 1.29 is 4.79 Å². The molecule has 0 aliphatic carbocycles. The Morgan fingerprint density at radius 2 is 2.25 bits per heavy atom. The zero-order valence-corrected chi connectivity index (χ0v) is 14.8. The second-order valence-electron chi connectivity index (χ2n) is 6.41. The van der Waals surface area contributed by atoms with Gasteiger partial charge >= 0.3 is 0 Å². The smallest absolute Gasteiger partial charge is 0.222 e. The average Bonchev–Trinajstić information content (AvgIpc) is 2.90. The fraction of sp³-hybridized carbons (Fsp3) is 0.471. The Hall–Kier alpha value is -2.15. The lowest BCUT2D eigenvalue weighted by atomic mass is 10.0. The highest BCUT2D eigenvalue weighted by Crippen LogP contribution is 2.15. The average molecular weight is 345 g/mol. The van der Waals surface area contributed by atoms with E-state index >= 15 is 0 Å². The number of fused-ring (bicyclic) bond motifs is 1. The molecule has 4 N–H and O–H groups in total. The summed E-state index contributed by atoms with van der Waals surface area (Å²) >= 11 is 5.14. The predicted octanol–water partition coefficient (Wildman–Crippen LogP) is 1.55. The summed E-state index contributed by atoms with van der Waals surface area (Å²) in [5.41, 5.74) is 3.19. The minimum atomic E-state index is 0.0386. The van der Waals surface area contributed by atoms with Gasteiger partial charge in [-0.1, -0.05) is 12.1 Å². The first kappa shape index (κ1) is 16.7. The molecule has 128 valence electrons. The van der Waals surface area contributed by atoms with Crippen molar-refractivity contribution in [3.8, 4) is 0 Å². The third kappa shape index (κ3) is 4.03. The van der Waals surface area contributed by atoms with Crippen LogP contribution < -0.4 is 16.0 Å². The highest BCUT2D eigenvalue weighted by atomic mass is 32.1. The molecule has 1 amide bonds. The maximum absolute atomic E-state index is 12.1. The number of hydrogen-bond acceptors (Lipinski definition) is 3. The molecule has 6 nitrogen and oxygen atoms in total. The topological polar surface area (TPSA) is 81.8 Å². The van der Waals surface area contributed by atoms with E-state index in [-0.39, 0.29) is 11.9 Å². The summed E-state index contributed by atoms with van der Waals surface area (Å²) in [7, 11) is 0. The molecule has 0 radical (unpaired) electrons. The van der Waals surface area contributed by atoms with Crippen LogP contribution in [0.15, 0.2) is 18.2 Å². The van der Waals surface area contributed by atoms with Gasteiger partial charge in [0, 0.05) is 31.5 Å². The van der Waals surface area contributed by atoms with Crippen LogP contribution in [0.4, 0.5) is 0 Å². The monoisotopic (exact) mass is 345 g/mol. The minimum absolute atomic E-state index is 0.0386. The van der Waals surface area contributed by atoms with Gasteiger partial charge in [-0.25, -0.2) is 4.98 Å². The van der Waals surface area contributed by atoms with E-state index in [1.807, 2.05) is 25.1 Å². The van der Waals surface area contributed by atoms with Gasteiger partial charge in [0.15, 0.2) is 5.11 Å². The van der Waals surface area contributed by atoms with E-state index in [1.54, 1.807) is 0 Å². The van der Waals surface area contributed by atoms with Gasteiger partial charge in [-0.2, -0.15) is 0 Å². The van der Waals surface area contributed by atoms with E-state index in [0.29, 0.717) is 30.5 Å². The van der Waals surface area contributed by atoms with Gasteiger partial charge in [-0.05, 0) is 44.1 Å². The Bertz CT molecular complexity index is 757. The lowest BCUT2D eigenvalue weighted by molar-refractivity contribution is -0.121. The molecule has 0 bridgehead atoms. The molecular weight excluding hydrogens is 322 g/mol. The van der Waals surface area contributed by atoms with Gasteiger partial charge in [0.2, 0.25) is 5.91 Å². The molecule has 7 heteroatoms. The number of imidazole rings is 1. The summed E-state index contributed by atoms with van der Waals surface area (Å²) in [5.74, 6) is 0.936. The summed E-state index contributed by atoms with van der Waals surface area (Å²) < 4.78 is 0. The number of amides is 1. The van der Waals surface area contributed by atoms with Crippen LogP contribution >= 0.6 is 12.2 Å². The van der Waals surface area contributed by atoms with Crippen molar-refractivity contribution in [3.05, 3.63) is 29.6 Å². The van der Waals surface area contributed by atoms with Crippen LogP contribution in [0.25, 0.3) is 11.0 Å². The normalized spacial score (nSPS) is 20.5. The number of H-pyrrole nitrogens is 1. The fourth-order valence-electron chi connectivity index (χ4n) is 3.09. The van der Waals surface area contributed by atoms with E-state index in [0.717, 1.165) is 28.8 Å². The molecule has 1 aromatic carbocycles. The Labute approximate surface area is 146 Å². The number of aromatic nitrogens is 2. The number of nitrogens with one attached hydrogen (secondary N) is 4. The summed E-state index contributed by atoms with van der Waals surface area (Å²) in [4.78, 5) is 20.0. The summed E-state index contributed by atoms with van der Waals surface area (Å²) in [5, 5.41) is 9.88. The van der Waals surface area contributed by atoms with E-state index in [4.69, 9.17) is 12.2 Å². The molecule has 1 saturated heterocycles. The third-order valence-electron chi connectivity index (χ3n) is 4.23. The van der Waals surface area contributed by atoms with Crippen LogP contribution in [0.3, 0.4) is 0 Å². The largest absolute Gasteiger partial charge is 0.360 e. The van der Waals surface area contributed by atoms with Gasteiger partial charge in [-0.3, -0.25) is 4.79 Å². The van der Waals surface area contributed by atoms with Gasteiger partial charge in [-0.15, -0.1) is 0 Å². The first-order valence-electron chi connectivity index (χ1n) is 8.29. The zero-order chi connectivity index (χ0) is 17.1. The van der Waals surface area contributed by atoms with Gasteiger partial charge in [0.1, 0.15) is 5.82 Å². The second kappa shape index (κ2) is 7.17. The van der Waals surface area contributed by atoms with Crippen LogP contribution in [0.5, 0.6) is 0 Å². The Morgan fingerprint density at radius 3 is 3.00 bits per heavy atom. The predicted molar refractivity (Wildman–Crippen MR) is 98.9 cm³/mol. The van der Waals surface area contributed by atoms with E-state index in [9.17, 15) is 4.79 Å². The molecule has 1 aromatic heterocycles. The molecule has 2 atom stereocenters. The lowest BCUT2D eigenvalue weighted by Gasteiger charge is -2.30. The second-order valence-corrected chi connectivity index (χ2v) is 6.82. The number of nitrogens with zero attached hydrogens (tertiary/aromatic N) is 1. The molecule has 2 heterocycles. The highest BCUT2D eigenvalue weighted by molar-refractivity contribution is 7.80. The Morgan fingerprint density at radius 1 is 1.42 bits per heavy atom. The molecule has 24 heavy (non-hydrogen) atoms. The van der Waals surface area contributed by atoms with E-state index in [1.165, 1.54) is 0 Å². The number of aromatic amines is 1. The van der Waals surface area contributed by atoms with E-state index in [2.05, 4.69) is 32.8 Å². The molecular formula is C17H23N5OS. The van der Waals surface area contributed by atoms with Gasteiger partial charge in [0.05, 0.1) is 11.0 Å². The number of hydrogen-bond donors (Lipinski definition) is 4. The molecule has 2 aromatic rings. The van der Waals surface area contributed by atoms with Crippen LogP contribution in [-0.4, -0.2) is 39.6 Å². The number of rotatable bonds is 5. The maximum Gasteiger partial charge on any atom is 0.222 e. The van der Waals surface area contributed by atoms with Crippen LogP contribution in [0.1, 0.15) is 31.2 Å². The summed E-state index contributed by atoms with van der Waals surface area (Å²) in [6, 6.07) is 6.48. The van der Waals surface area contributed by atoms with Crippen molar-refractivity contribution >= 4 is 34.3 Å². The van der Waals surface area contributed by atoms with Crippen molar-refractivity contribution in [2.24, 2.45) is 0 Å². The molecule has 1 aliphatic rings. The van der Waals surface area contributed by atoms with Crippen LogP contribution in [0, 0.1) is 6.92 Å². The number of aryl methyl sites for hydroxylation is 1. The lowest BCUT2D eigenvalue weighted by Crippen LogP contribution is -2.54. The van der Waals surface area contributed by atoms with Gasteiger partial charge in [0.25, 0.3) is 0 Å². The van der Waals surface area contributed by atoms with Crippen LogP contribution in [-0.2, 0) is 11.2 Å². The molecule has 1 aliphatic heterocycles. The Kier molecular flexibility index (Phi) is 4.99. The molecule has 3 rings (SSSR count). The molecule has 0 unspecified atom stereocenters. The molecule has 0 saturated carbocycles. The van der Waals surface area contributed by atoms with Crippen molar-refractivity contribution in [2.75, 3.05) is 6.54 Å². The van der Waals surface area contributed by atoms with Crippen molar-refractivity contribution in [3.63, 3.8) is 0 Å². The summed E-state index contributed by atoms with van der Waals surface area (Å²) in [6.45, 7) is 4.69. The summed E-state index contributed by atoms with van der Waals surface area (Å²) in [6.07, 6.45) is 2.01. The standard InChI is InChI=1S/C17H23N5OS/c1-10-4-3-5-13-16(10)22-14(21-13)6-7-18-15(23)9-12-8-11(2)19-17(24)20-12/h3-5,11-12H,6-9H2,1-2H3,(H,18,23)(H,21,22)(H2,19,20,24)/t11-,12+/m1/s1. The van der Waals surface area contributed by atoms with Crippen molar-refractivity contribution in [1.29, 1.82) is 0 Å². The third-order valence-corrected chi connectivity index (χ3v) is 4.47. The molecule has 1 fully saturated rings. The fourth-order valence-corrected chi connectivity index (χ4v) is 3.46. The first-order valence-corrected chi connectivity index (χ1v) is 8.70. The molecule has 0 spiro atoms. The maximum atomic E-state index is 12.1. The number of benzene rings is 1. The number of para-hydroxylation sites is 1. The minimum Gasteiger partial charge on any atom is -0.360 e. The van der Waals surface area contributed by atoms with Crippen LogP contribution in [0.2, 0.25) is 0 Å². The quantitative estimate of drug-likeness (QED) is 0.618. The zero-order valence-electron chi connectivity index (χ0n) is 14.0. The number of carbonyl (C=O) groups excluding carboxylic acids is 1. The SMILES string of the molecule is Cc1cccc2[nH]c(CCNC(=O)C[C@@H]3C[C@@H](C)NC(=S)N3)nc12. The van der Waals surface area contributed by atoms with Crippen molar-refractivity contribution in [2.45, 2.75) is 45.2 Å². The first-order chi connectivity index (χ1) is 11.5. The number of carbonyl (C=O) groups is 1. The van der Waals surface area contributed by atoms with Gasteiger partial charge < -0.3 is 20.9 Å². The Balaban J connectivity index is 1.47. The highest BCUT2D eigenvalue weighted by Gasteiger charge is 2.22. The van der Waals surface area contributed by atoms with Crippen molar-refractivity contribution in [1.82, 2.24) is 25.9 Å². The van der Waals surface area contributed by atoms with E-state index < -0.39 is 0 Å². The number of thiocarbonyl (C=S) groups is 1.